The Balaban J connectivity index is 2.30. The molecule has 0 N–H and O–H groups in total. The molecule has 1 heterocycles. The van der Waals surface area contributed by atoms with Crippen LogP contribution >= 0.6 is 11.6 Å². The van der Waals surface area contributed by atoms with Crippen molar-refractivity contribution in [1.29, 1.82) is 0 Å². The lowest BCUT2D eigenvalue weighted by molar-refractivity contribution is 0.0854. The monoisotopic (exact) mass is 276 g/mol. The average Bonchev–Trinajstić information content (AvgIpc) is 2.37. The fraction of sp³-hybridized carbons (Fsp3) is 0.333. The molecule has 0 saturated carbocycles. The molecule has 19 heavy (non-hydrogen) atoms. The molecule has 0 aliphatic rings. The fourth-order valence-corrected chi connectivity index (χ4v) is 2.02. The zero-order valence-electron chi connectivity index (χ0n) is 11.4. The summed E-state index contributed by atoms with van der Waals surface area (Å²) in [5.74, 6) is 0. The molecule has 4 heteroatoms. The number of nitrogens with zero attached hydrogens (tertiary/aromatic N) is 2. The van der Waals surface area contributed by atoms with Crippen molar-refractivity contribution in [2.75, 3.05) is 0 Å². The highest BCUT2D eigenvalue weighted by molar-refractivity contribution is 6.30. The lowest BCUT2D eigenvalue weighted by Gasteiger charge is -2.08. The zero-order chi connectivity index (χ0) is 13.8. The summed E-state index contributed by atoms with van der Waals surface area (Å²) in [4.78, 5) is 9.36. The Morgan fingerprint density at radius 1 is 1.42 bits per heavy atom. The lowest BCUT2D eigenvalue weighted by Crippen LogP contribution is -2.03. The number of benzene rings is 1. The summed E-state index contributed by atoms with van der Waals surface area (Å²) in [6, 6.07) is 8.01. The van der Waals surface area contributed by atoms with E-state index >= 15 is 0 Å². The van der Waals surface area contributed by atoms with Crippen molar-refractivity contribution < 1.29 is 4.84 Å². The maximum atomic E-state index is 5.96. The second-order valence-electron chi connectivity index (χ2n) is 4.80. The van der Waals surface area contributed by atoms with Crippen LogP contribution in [0.25, 0.3) is 10.8 Å². The molecule has 2 rings (SSSR count). The van der Waals surface area contributed by atoms with Crippen LogP contribution < -0.4 is 0 Å². The van der Waals surface area contributed by atoms with E-state index in [9.17, 15) is 0 Å². The van der Waals surface area contributed by atoms with Crippen molar-refractivity contribution in [3.63, 3.8) is 0 Å². The van der Waals surface area contributed by atoms with Gasteiger partial charge in [-0.05, 0) is 37.8 Å². The van der Waals surface area contributed by atoms with Gasteiger partial charge in [0.25, 0.3) is 0 Å². The Kier molecular flexibility index (Phi) is 4.38. The van der Waals surface area contributed by atoms with E-state index in [1.807, 2.05) is 39.0 Å². The normalized spacial score (nSPS) is 12.2. The van der Waals surface area contributed by atoms with Gasteiger partial charge in [0.05, 0.1) is 5.71 Å². The number of oxime groups is 1. The van der Waals surface area contributed by atoms with E-state index in [2.05, 4.69) is 16.2 Å². The first-order valence-electron chi connectivity index (χ1n) is 6.28. The van der Waals surface area contributed by atoms with E-state index in [4.69, 9.17) is 16.4 Å². The number of halogens is 1. The molecule has 0 atom stereocenters. The van der Waals surface area contributed by atoms with Crippen LogP contribution in [0.4, 0.5) is 0 Å². The Morgan fingerprint density at radius 3 is 2.95 bits per heavy atom. The number of hydrogen-bond acceptors (Lipinski definition) is 3. The second-order valence-corrected chi connectivity index (χ2v) is 5.19. The third-order valence-electron chi connectivity index (χ3n) is 2.69. The Labute approximate surface area is 118 Å². The molecular weight excluding hydrogens is 260 g/mol. The summed E-state index contributed by atoms with van der Waals surface area (Å²) in [7, 11) is 0. The molecule has 0 aliphatic carbocycles. The van der Waals surface area contributed by atoms with Crippen LogP contribution in [0.5, 0.6) is 0 Å². The summed E-state index contributed by atoms with van der Waals surface area (Å²) in [6.45, 7) is 5.88. The molecule has 0 bridgehead atoms. The van der Waals surface area contributed by atoms with Gasteiger partial charge in [-0.2, -0.15) is 0 Å². The largest absolute Gasteiger partial charge is 0.393 e. The molecule has 1 aromatic carbocycles. The van der Waals surface area contributed by atoms with Gasteiger partial charge in [0.2, 0.25) is 0 Å². The highest BCUT2D eigenvalue weighted by Crippen LogP contribution is 2.21. The second kappa shape index (κ2) is 6.02. The maximum absolute atomic E-state index is 5.96. The van der Waals surface area contributed by atoms with Crippen LogP contribution in [-0.4, -0.2) is 16.8 Å². The van der Waals surface area contributed by atoms with Gasteiger partial charge in [0, 0.05) is 18.0 Å². The first-order valence-corrected chi connectivity index (χ1v) is 6.66. The van der Waals surface area contributed by atoms with Crippen molar-refractivity contribution in [3.05, 3.63) is 41.2 Å². The molecule has 2 aromatic rings. The molecule has 0 spiro atoms. The average molecular weight is 277 g/mol. The molecule has 0 amide bonds. The number of pyridine rings is 1. The van der Waals surface area contributed by atoms with Crippen LogP contribution in [0.1, 0.15) is 26.3 Å². The highest BCUT2D eigenvalue weighted by atomic mass is 35.5. The van der Waals surface area contributed by atoms with Gasteiger partial charge in [0.1, 0.15) is 11.3 Å². The van der Waals surface area contributed by atoms with Crippen molar-refractivity contribution in [3.8, 4) is 0 Å². The highest BCUT2D eigenvalue weighted by Gasteiger charge is 2.04. The van der Waals surface area contributed by atoms with E-state index in [-0.39, 0.29) is 6.10 Å². The molecular formula is C15H17ClN2O. The van der Waals surface area contributed by atoms with Crippen molar-refractivity contribution in [2.24, 2.45) is 5.16 Å². The first-order chi connectivity index (χ1) is 9.06. The van der Waals surface area contributed by atoms with Crippen LogP contribution in [-0.2, 0) is 11.3 Å². The summed E-state index contributed by atoms with van der Waals surface area (Å²) >= 11 is 5.96. The predicted octanol–water partition coefficient (Wildman–Crippen LogP) is 4.23. The third kappa shape index (κ3) is 3.67. The summed E-state index contributed by atoms with van der Waals surface area (Å²) in [5.41, 5.74) is 2.12. The molecule has 0 aliphatic heterocycles. The number of rotatable bonds is 4. The minimum atomic E-state index is 0.0983. The van der Waals surface area contributed by atoms with E-state index < -0.39 is 0 Å². The van der Waals surface area contributed by atoms with Gasteiger partial charge in [-0.1, -0.05) is 35.0 Å². The van der Waals surface area contributed by atoms with Gasteiger partial charge in [0.15, 0.2) is 0 Å². The summed E-state index contributed by atoms with van der Waals surface area (Å²) < 4.78 is 0. The van der Waals surface area contributed by atoms with Gasteiger partial charge >= 0.3 is 0 Å². The Hall–Kier alpha value is -1.61. The maximum Gasteiger partial charge on any atom is 0.129 e. The van der Waals surface area contributed by atoms with Gasteiger partial charge < -0.3 is 4.84 Å². The Morgan fingerprint density at radius 2 is 2.21 bits per heavy atom. The Bertz CT molecular complexity index is 608. The van der Waals surface area contributed by atoms with Gasteiger partial charge in [-0.3, -0.25) is 0 Å². The van der Waals surface area contributed by atoms with Gasteiger partial charge in [-0.25, -0.2) is 4.98 Å². The predicted molar refractivity (Wildman–Crippen MR) is 79.8 cm³/mol. The number of hydrogen-bond donors (Lipinski definition) is 0. The first kappa shape index (κ1) is 13.8. The van der Waals surface area contributed by atoms with Crippen LogP contribution in [0, 0.1) is 0 Å². The van der Waals surface area contributed by atoms with Crippen LogP contribution in [0.2, 0.25) is 5.15 Å². The number of fused-ring (bicyclic) bond motifs is 1. The van der Waals surface area contributed by atoms with Crippen molar-refractivity contribution in [1.82, 2.24) is 4.98 Å². The van der Waals surface area contributed by atoms with Crippen LogP contribution in [0.15, 0.2) is 35.6 Å². The topological polar surface area (TPSA) is 34.5 Å². The van der Waals surface area contributed by atoms with Crippen molar-refractivity contribution in [2.45, 2.75) is 33.3 Å². The molecule has 0 fully saturated rings. The molecule has 0 radical (unpaired) electrons. The summed E-state index contributed by atoms with van der Waals surface area (Å²) in [6.07, 6.45) is 2.63. The van der Waals surface area contributed by atoms with Crippen molar-refractivity contribution >= 4 is 28.1 Å². The standard InChI is InChI=1S/C15H17ClN2O/c1-10(2)19-18-11(3)7-12-5-4-6-13-9-17-15(16)8-14(12)13/h4-6,8-10H,7H2,1-3H3/b18-11-. The zero-order valence-corrected chi connectivity index (χ0v) is 12.1. The van der Waals surface area contributed by atoms with E-state index in [1.54, 1.807) is 6.20 Å². The van der Waals surface area contributed by atoms with E-state index in [0.29, 0.717) is 5.15 Å². The molecule has 0 unspecified atom stereocenters. The van der Waals surface area contributed by atoms with E-state index in [1.165, 1.54) is 5.56 Å². The molecule has 100 valence electrons. The molecule has 3 nitrogen and oxygen atoms in total. The quantitative estimate of drug-likeness (QED) is 0.476. The van der Waals surface area contributed by atoms with Gasteiger partial charge in [-0.15, -0.1) is 0 Å². The van der Waals surface area contributed by atoms with Crippen LogP contribution in [0.3, 0.4) is 0 Å². The van der Waals surface area contributed by atoms with E-state index in [0.717, 1.165) is 22.9 Å². The molecule has 0 saturated heterocycles. The SMILES string of the molecule is C/C(Cc1cccc2cnc(Cl)cc12)=N/OC(C)C. The third-order valence-corrected chi connectivity index (χ3v) is 2.89. The number of aromatic nitrogens is 1. The molecule has 1 aromatic heterocycles. The lowest BCUT2D eigenvalue weighted by atomic mass is 10.0. The summed E-state index contributed by atoms with van der Waals surface area (Å²) in [5, 5.41) is 6.82. The minimum absolute atomic E-state index is 0.0983. The minimum Gasteiger partial charge on any atom is -0.393 e. The fourth-order valence-electron chi connectivity index (χ4n) is 1.87. The smallest absolute Gasteiger partial charge is 0.129 e.